The lowest BCUT2D eigenvalue weighted by molar-refractivity contribution is -0.117. The Bertz CT molecular complexity index is 1070. The van der Waals surface area contributed by atoms with Crippen molar-refractivity contribution in [3.05, 3.63) is 94.9 Å². The Labute approximate surface area is 199 Å². The van der Waals surface area contributed by atoms with Gasteiger partial charge in [0, 0.05) is 0 Å². The molecule has 7 nitrogen and oxygen atoms in total. The zero-order chi connectivity index (χ0) is 23.9. The first-order valence-corrected chi connectivity index (χ1v) is 11.4. The van der Waals surface area contributed by atoms with E-state index in [0.717, 1.165) is 40.9 Å². The molecule has 0 radical (unpaired) electrons. The van der Waals surface area contributed by atoms with Crippen LogP contribution < -0.4 is 10.6 Å². The van der Waals surface area contributed by atoms with Crippen LogP contribution in [0.1, 0.15) is 11.1 Å². The van der Waals surface area contributed by atoms with Crippen molar-refractivity contribution in [2.45, 2.75) is 0 Å². The molecule has 2 heterocycles. The minimum Gasteiger partial charge on any atom is -0.299 e. The summed E-state index contributed by atoms with van der Waals surface area (Å²) in [6, 6.07) is 19.4. The van der Waals surface area contributed by atoms with E-state index in [1.165, 1.54) is 6.08 Å². The van der Waals surface area contributed by atoms with Crippen LogP contribution in [0, 0.1) is 0 Å². The van der Waals surface area contributed by atoms with Gasteiger partial charge < -0.3 is 0 Å². The minimum atomic E-state index is -0.326. The van der Waals surface area contributed by atoms with Crippen molar-refractivity contribution in [3.8, 4) is 0 Å². The van der Waals surface area contributed by atoms with Crippen molar-refractivity contribution >= 4 is 64.3 Å². The van der Waals surface area contributed by atoms with E-state index >= 15 is 0 Å². The van der Waals surface area contributed by atoms with Gasteiger partial charge in [-0.05, 0) is 35.0 Å². The lowest BCUT2D eigenvalue weighted by atomic mass is 10.2. The standard InChI is InChI=1S/C12H9NO2S.C9H8O.C3H3NO2S/c14-11-10(16-12(15)13-11)8-4-7-9-5-2-1-3-6-9;10-8-4-7-9-5-2-1-3-6-9;5-2-1-7-3(6)4-2/h1-8H,(H,13,14,15);1-8H;1H2,(H,4,5,6)/b7-4+,10-8+;7-4+;. The Kier molecular flexibility index (Phi) is 11.1. The maximum absolute atomic E-state index is 11.2. The van der Waals surface area contributed by atoms with E-state index in [9.17, 15) is 24.0 Å². The molecule has 4 amide bonds. The van der Waals surface area contributed by atoms with Gasteiger partial charge >= 0.3 is 0 Å². The summed E-state index contributed by atoms with van der Waals surface area (Å²) in [5, 5.41) is 3.75. The van der Waals surface area contributed by atoms with Crippen LogP contribution in [0.15, 0.2) is 83.8 Å². The van der Waals surface area contributed by atoms with Crippen molar-refractivity contribution in [3.63, 3.8) is 0 Å². The Morgan fingerprint density at radius 1 is 0.727 bits per heavy atom. The molecule has 2 aromatic rings. The van der Waals surface area contributed by atoms with Gasteiger partial charge in [0.15, 0.2) is 0 Å². The highest BCUT2D eigenvalue weighted by atomic mass is 32.2. The minimum absolute atomic E-state index is 0.185. The topological polar surface area (TPSA) is 109 Å². The van der Waals surface area contributed by atoms with E-state index in [1.54, 1.807) is 18.2 Å². The van der Waals surface area contributed by atoms with Crippen LogP contribution in [-0.4, -0.2) is 34.3 Å². The summed E-state index contributed by atoms with van der Waals surface area (Å²) >= 11 is 1.92. The maximum atomic E-state index is 11.2. The fraction of sp³-hybridized carbons (Fsp3) is 0.0417. The summed E-state index contributed by atoms with van der Waals surface area (Å²) in [7, 11) is 0. The molecule has 2 aromatic carbocycles. The highest BCUT2D eigenvalue weighted by Gasteiger charge is 2.24. The molecule has 0 atom stereocenters. The van der Waals surface area contributed by atoms with Crippen LogP contribution in [0.2, 0.25) is 0 Å². The Morgan fingerprint density at radius 2 is 1.30 bits per heavy atom. The van der Waals surface area contributed by atoms with E-state index < -0.39 is 0 Å². The van der Waals surface area contributed by atoms with Crippen LogP contribution in [0.3, 0.4) is 0 Å². The molecule has 0 aliphatic carbocycles. The fourth-order valence-electron chi connectivity index (χ4n) is 2.28. The second kappa shape index (κ2) is 14.4. The molecular weight excluding hydrogens is 460 g/mol. The molecule has 2 aliphatic rings. The van der Waals surface area contributed by atoms with Gasteiger partial charge in [0.1, 0.15) is 6.29 Å². The molecule has 2 aliphatic heterocycles. The van der Waals surface area contributed by atoms with Crippen LogP contribution in [0.25, 0.3) is 12.2 Å². The predicted octanol–water partition coefficient (Wildman–Crippen LogP) is 4.43. The Balaban J connectivity index is 0.000000193. The van der Waals surface area contributed by atoms with E-state index in [1.807, 2.05) is 66.7 Å². The predicted molar refractivity (Wildman–Crippen MR) is 132 cm³/mol. The van der Waals surface area contributed by atoms with Crippen LogP contribution >= 0.6 is 23.5 Å². The van der Waals surface area contributed by atoms with Gasteiger partial charge in [-0.15, -0.1) is 0 Å². The third kappa shape index (κ3) is 10.4. The van der Waals surface area contributed by atoms with Crippen molar-refractivity contribution in [2.75, 3.05) is 5.75 Å². The van der Waals surface area contributed by atoms with Gasteiger partial charge in [-0.25, -0.2) is 0 Å². The van der Waals surface area contributed by atoms with Crippen LogP contribution in [0.5, 0.6) is 0 Å². The number of thioether (sulfide) groups is 2. The first kappa shape index (κ1) is 25.6. The number of carbonyl (C=O) groups excluding carboxylic acids is 5. The quantitative estimate of drug-likeness (QED) is 0.492. The van der Waals surface area contributed by atoms with Crippen molar-refractivity contribution in [2.24, 2.45) is 0 Å². The van der Waals surface area contributed by atoms with Crippen molar-refractivity contribution < 1.29 is 24.0 Å². The summed E-state index contributed by atoms with van der Waals surface area (Å²) in [5.74, 6) is -0.221. The van der Waals surface area contributed by atoms with Gasteiger partial charge in [-0.2, -0.15) is 0 Å². The van der Waals surface area contributed by atoms with Gasteiger partial charge in [0.2, 0.25) is 5.91 Å². The van der Waals surface area contributed by atoms with E-state index in [-0.39, 0.29) is 22.3 Å². The number of imide groups is 2. The number of hydrogen-bond donors (Lipinski definition) is 2. The monoisotopic (exact) mass is 480 g/mol. The third-order valence-corrected chi connectivity index (χ3v) is 5.32. The highest BCUT2D eigenvalue weighted by molar-refractivity contribution is 8.18. The Morgan fingerprint density at radius 3 is 1.70 bits per heavy atom. The van der Waals surface area contributed by atoms with Crippen LogP contribution in [0.4, 0.5) is 9.59 Å². The summed E-state index contributed by atoms with van der Waals surface area (Å²) in [6.07, 6.45) is 9.30. The normalized spacial score (nSPS) is 16.2. The molecule has 2 saturated heterocycles. The Hall–Kier alpha value is -3.69. The average molecular weight is 481 g/mol. The number of benzene rings is 2. The molecule has 0 aromatic heterocycles. The number of carbonyl (C=O) groups is 5. The molecule has 0 spiro atoms. The molecule has 9 heteroatoms. The lowest BCUT2D eigenvalue weighted by Crippen LogP contribution is -2.18. The number of rotatable bonds is 4. The molecule has 2 N–H and O–H groups in total. The molecule has 4 rings (SSSR count). The molecule has 0 unspecified atom stereocenters. The summed E-state index contributed by atoms with van der Waals surface area (Å²) in [4.78, 5) is 52.5. The maximum Gasteiger partial charge on any atom is 0.290 e. The zero-order valence-electron chi connectivity index (χ0n) is 17.3. The number of nitrogens with one attached hydrogen (secondary N) is 2. The van der Waals surface area contributed by atoms with Crippen molar-refractivity contribution in [1.82, 2.24) is 10.6 Å². The SMILES string of the molecule is O=C/C=C/c1ccccc1.O=C1CSC(=O)N1.O=C1NC(=O)/C(=C\C=C\c2ccccc2)S1. The second-order valence-electron chi connectivity index (χ2n) is 6.17. The number of hydrogen-bond acceptors (Lipinski definition) is 7. The lowest BCUT2D eigenvalue weighted by Gasteiger charge is -1.89. The number of aldehydes is 1. The van der Waals surface area contributed by atoms with Gasteiger partial charge in [-0.3, -0.25) is 34.6 Å². The first-order chi connectivity index (χ1) is 16.0. The van der Waals surface area contributed by atoms with E-state index in [2.05, 4.69) is 10.6 Å². The van der Waals surface area contributed by atoms with E-state index in [0.29, 0.717) is 10.7 Å². The summed E-state index contributed by atoms with van der Waals surface area (Å²) < 4.78 is 0. The zero-order valence-corrected chi connectivity index (χ0v) is 18.9. The van der Waals surface area contributed by atoms with Crippen molar-refractivity contribution in [1.29, 1.82) is 0 Å². The largest absolute Gasteiger partial charge is 0.299 e. The van der Waals surface area contributed by atoms with Gasteiger partial charge in [0.05, 0.1) is 10.7 Å². The first-order valence-electron chi connectivity index (χ1n) is 9.58. The molecule has 0 bridgehead atoms. The molecular formula is C24H20N2O5S2. The summed E-state index contributed by atoms with van der Waals surface area (Å²) in [6.45, 7) is 0. The smallest absolute Gasteiger partial charge is 0.290 e. The molecule has 0 saturated carbocycles. The molecule has 33 heavy (non-hydrogen) atoms. The summed E-state index contributed by atoms with van der Waals surface area (Å²) in [5.41, 5.74) is 2.10. The molecule has 168 valence electrons. The third-order valence-electron chi connectivity index (χ3n) is 3.72. The van der Waals surface area contributed by atoms with E-state index in [4.69, 9.17) is 0 Å². The second-order valence-corrected chi connectivity index (χ2v) is 8.14. The number of amides is 4. The van der Waals surface area contributed by atoms with Crippen LogP contribution in [-0.2, 0) is 14.4 Å². The average Bonchev–Trinajstić information content (AvgIpc) is 3.36. The fourth-order valence-corrected chi connectivity index (χ4v) is 3.43. The molecule has 2 fully saturated rings. The van der Waals surface area contributed by atoms with Gasteiger partial charge in [0.25, 0.3) is 16.4 Å². The highest BCUT2D eigenvalue weighted by Crippen LogP contribution is 2.22. The van der Waals surface area contributed by atoms with Gasteiger partial charge in [-0.1, -0.05) is 90.7 Å². The number of allylic oxidation sites excluding steroid dienone is 3.